The van der Waals surface area contributed by atoms with Crippen LogP contribution >= 0.6 is 0 Å². The number of hydrogen-bond acceptors (Lipinski definition) is 1. The molecular weight excluding hydrogens is 373 g/mol. The molecule has 3 rings (SSSR count). The van der Waals surface area contributed by atoms with Gasteiger partial charge < -0.3 is 4.90 Å². The fourth-order valence-corrected chi connectivity index (χ4v) is 3.80. The molecule has 0 saturated carbocycles. The predicted octanol–water partition coefficient (Wildman–Crippen LogP) is 7.33. The average Bonchev–Trinajstić information content (AvgIpc) is 2.66. The molecule has 2 aromatic carbocycles. The Hall–Kier alpha value is -2.37. The van der Waals surface area contributed by atoms with Crippen LogP contribution in [0.2, 0.25) is 0 Å². The Morgan fingerprint density at radius 1 is 1.04 bits per heavy atom. The van der Waals surface area contributed by atoms with E-state index in [0.717, 1.165) is 29.5 Å². The highest BCUT2D eigenvalue weighted by Gasteiger charge is 2.51. The Balaban J connectivity index is 2.23. The van der Waals surface area contributed by atoms with Gasteiger partial charge in [-0.1, -0.05) is 43.7 Å². The molecule has 2 aromatic rings. The van der Waals surface area contributed by atoms with Crippen molar-refractivity contribution in [1.82, 2.24) is 4.90 Å². The maximum atomic E-state index is 15.3. The van der Waals surface area contributed by atoms with E-state index in [-0.39, 0.29) is 23.2 Å². The lowest BCUT2D eigenvalue weighted by molar-refractivity contribution is -0.187. The molecule has 6 heteroatoms. The van der Waals surface area contributed by atoms with Crippen LogP contribution < -0.4 is 0 Å². The van der Waals surface area contributed by atoms with Gasteiger partial charge in [-0.25, -0.2) is 8.78 Å². The normalized spacial score (nSPS) is 18.2. The van der Waals surface area contributed by atoms with Crippen LogP contribution in [0.15, 0.2) is 54.2 Å². The molecule has 1 aliphatic heterocycles. The number of unbranched alkanes of at least 4 members (excludes halogenated alkanes) is 1. The maximum Gasteiger partial charge on any atom is 0.413 e. The SMILES string of the molecule is CCCCC1=C(F)c2ccc(F)cc2C(C(F)(F)F)N1[C@H](C)c1ccccc1. The van der Waals surface area contributed by atoms with Crippen molar-refractivity contribution < 1.29 is 22.0 Å². The summed E-state index contributed by atoms with van der Waals surface area (Å²) in [7, 11) is 0. The summed E-state index contributed by atoms with van der Waals surface area (Å²) >= 11 is 0. The second-order valence-electron chi connectivity index (χ2n) is 7.03. The molecule has 28 heavy (non-hydrogen) atoms. The van der Waals surface area contributed by atoms with E-state index in [1.807, 2.05) is 6.92 Å². The number of benzene rings is 2. The van der Waals surface area contributed by atoms with E-state index in [4.69, 9.17) is 0 Å². The second-order valence-corrected chi connectivity index (χ2v) is 7.03. The Bertz CT molecular complexity index is 857. The first kappa shape index (κ1) is 20.4. The molecule has 0 bridgehead atoms. The Morgan fingerprint density at radius 2 is 1.71 bits per heavy atom. The Morgan fingerprint density at radius 3 is 2.32 bits per heavy atom. The van der Waals surface area contributed by atoms with Crippen molar-refractivity contribution >= 4 is 5.83 Å². The summed E-state index contributed by atoms with van der Waals surface area (Å²) in [6.45, 7) is 3.52. The number of fused-ring (bicyclic) bond motifs is 1. The molecule has 0 radical (unpaired) electrons. The lowest BCUT2D eigenvalue weighted by atomic mass is 9.88. The molecule has 1 unspecified atom stereocenters. The molecule has 0 fully saturated rings. The van der Waals surface area contributed by atoms with Gasteiger partial charge in [0.25, 0.3) is 0 Å². The number of rotatable bonds is 5. The van der Waals surface area contributed by atoms with Gasteiger partial charge in [-0.3, -0.25) is 0 Å². The van der Waals surface area contributed by atoms with Crippen LogP contribution in [0.1, 0.15) is 61.9 Å². The van der Waals surface area contributed by atoms with Gasteiger partial charge in [0.15, 0.2) is 6.04 Å². The van der Waals surface area contributed by atoms with Crippen LogP contribution in [-0.4, -0.2) is 11.1 Å². The molecular formula is C22H22F5N. The maximum absolute atomic E-state index is 15.3. The zero-order chi connectivity index (χ0) is 20.5. The van der Waals surface area contributed by atoms with Crippen molar-refractivity contribution in [2.45, 2.75) is 51.4 Å². The summed E-state index contributed by atoms with van der Waals surface area (Å²) < 4.78 is 71.7. The topological polar surface area (TPSA) is 3.24 Å². The van der Waals surface area contributed by atoms with Crippen molar-refractivity contribution in [3.63, 3.8) is 0 Å². The minimum Gasteiger partial charge on any atom is -0.350 e. The van der Waals surface area contributed by atoms with Gasteiger partial charge in [0.2, 0.25) is 0 Å². The molecule has 0 aromatic heterocycles. The van der Waals surface area contributed by atoms with E-state index in [0.29, 0.717) is 12.0 Å². The van der Waals surface area contributed by atoms with Gasteiger partial charge in [-0.15, -0.1) is 0 Å². The number of alkyl halides is 3. The van der Waals surface area contributed by atoms with Gasteiger partial charge in [-0.2, -0.15) is 13.2 Å². The fourth-order valence-electron chi connectivity index (χ4n) is 3.80. The largest absolute Gasteiger partial charge is 0.413 e. The highest BCUT2D eigenvalue weighted by Crippen LogP contribution is 2.51. The van der Waals surface area contributed by atoms with Crippen molar-refractivity contribution in [2.75, 3.05) is 0 Å². The van der Waals surface area contributed by atoms with E-state index in [1.54, 1.807) is 37.3 Å². The quantitative estimate of drug-likeness (QED) is 0.479. The van der Waals surface area contributed by atoms with E-state index in [2.05, 4.69) is 0 Å². The average molecular weight is 395 g/mol. The minimum absolute atomic E-state index is 0.0274. The molecule has 1 aliphatic rings. The summed E-state index contributed by atoms with van der Waals surface area (Å²) in [6.07, 6.45) is -3.23. The van der Waals surface area contributed by atoms with Crippen molar-refractivity contribution in [2.24, 2.45) is 0 Å². The molecule has 0 amide bonds. The van der Waals surface area contributed by atoms with Gasteiger partial charge in [0.1, 0.15) is 11.6 Å². The summed E-state index contributed by atoms with van der Waals surface area (Å²) in [6, 6.07) is 8.73. The number of halogens is 5. The molecule has 1 heterocycles. The number of hydrogen-bond donors (Lipinski definition) is 0. The lowest BCUT2D eigenvalue weighted by Gasteiger charge is -2.44. The van der Waals surface area contributed by atoms with Gasteiger partial charge >= 0.3 is 6.18 Å². The monoisotopic (exact) mass is 395 g/mol. The highest BCUT2D eigenvalue weighted by molar-refractivity contribution is 5.68. The first-order valence-corrected chi connectivity index (χ1v) is 9.34. The predicted molar refractivity (Wildman–Crippen MR) is 99.4 cm³/mol. The number of allylic oxidation sites excluding steroid dienone is 1. The molecule has 1 nitrogen and oxygen atoms in total. The van der Waals surface area contributed by atoms with Crippen LogP contribution in [0.3, 0.4) is 0 Å². The third-order valence-corrected chi connectivity index (χ3v) is 5.16. The second kappa shape index (κ2) is 7.94. The van der Waals surface area contributed by atoms with Gasteiger partial charge in [0.05, 0.1) is 11.7 Å². The van der Waals surface area contributed by atoms with Crippen LogP contribution in [0.4, 0.5) is 22.0 Å². The van der Waals surface area contributed by atoms with E-state index in [1.165, 1.54) is 0 Å². The van der Waals surface area contributed by atoms with Crippen molar-refractivity contribution in [3.8, 4) is 0 Å². The Labute approximate surface area is 161 Å². The zero-order valence-electron chi connectivity index (χ0n) is 15.7. The molecule has 0 aliphatic carbocycles. The molecule has 2 atom stereocenters. The van der Waals surface area contributed by atoms with E-state index >= 15 is 4.39 Å². The van der Waals surface area contributed by atoms with Crippen molar-refractivity contribution in [1.29, 1.82) is 0 Å². The standard InChI is InChI=1S/C22H22F5N/c1-3-4-10-19-20(24)17-12-11-16(23)13-18(17)21(22(25,26)27)28(19)14(2)15-8-6-5-7-9-15/h5-9,11-14,21H,3-4,10H2,1-2H3/t14-,21?/m1/s1. The molecule has 0 N–H and O–H groups in total. The minimum atomic E-state index is -4.69. The fraction of sp³-hybridized carbons (Fsp3) is 0.364. The molecule has 0 saturated heterocycles. The van der Waals surface area contributed by atoms with E-state index < -0.39 is 29.9 Å². The summed E-state index contributed by atoms with van der Waals surface area (Å²) in [5, 5.41) is 0. The molecule has 150 valence electrons. The van der Waals surface area contributed by atoms with Crippen molar-refractivity contribution in [3.05, 3.63) is 76.7 Å². The third kappa shape index (κ3) is 3.77. The third-order valence-electron chi connectivity index (χ3n) is 5.16. The smallest absolute Gasteiger partial charge is 0.350 e. The van der Waals surface area contributed by atoms with Gasteiger partial charge in [-0.05, 0) is 49.1 Å². The van der Waals surface area contributed by atoms with Gasteiger partial charge in [0, 0.05) is 5.56 Å². The first-order chi connectivity index (χ1) is 13.3. The van der Waals surface area contributed by atoms with Crippen LogP contribution in [0.25, 0.3) is 5.83 Å². The summed E-state index contributed by atoms with van der Waals surface area (Å²) in [4.78, 5) is 1.09. The lowest BCUT2D eigenvalue weighted by Crippen LogP contribution is -2.42. The highest BCUT2D eigenvalue weighted by atomic mass is 19.4. The summed E-state index contributed by atoms with van der Waals surface area (Å²) in [5.41, 5.74) is 0.109. The number of nitrogens with zero attached hydrogens (tertiary/aromatic N) is 1. The van der Waals surface area contributed by atoms with Crippen LogP contribution in [0.5, 0.6) is 0 Å². The zero-order valence-corrected chi connectivity index (χ0v) is 15.7. The summed E-state index contributed by atoms with van der Waals surface area (Å²) in [5.74, 6) is -1.52. The van der Waals surface area contributed by atoms with Crippen LogP contribution in [0, 0.1) is 5.82 Å². The Kier molecular flexibility index (Phi) is 5.77. The molecule has 0 spiro atoms. The van der Waals surface area contributed by atoms with Crippen LogP contribution in [-0.2, 0) is 0 Å². The first-order valence-electron chi connectivity index (χ1n) is 9.34. The van der Waals surface area contributed by atoms with E-state index in [9.17, 15) is 17.6 Å².